The van der Waals surface area contributed by atoms with E-state index in [-0.39, 0.29) is 17.0 Å². The fraction of sp³-hybridized carbons (Fsp3) is 0.438. The summed E-state index contributed by atoms with van der Waals surface area (Å²) in [7, 11) is 0. The van der Waals surface area contributed by atoms with E-state index in [1.54, 1.807) is 24.3 Å². The van der Waals surface area contributed by atoms with Crippen LogP contribution in [0.1, 0.15) is 49.9 Å². The lowest BCUT2D eigenvalue weighted by atomic mass is 10.2. The average molecular weight is 322 g/mol. The highest BCUT2D eigenvalue weighted by atomic mass is 32.1. The molecule has 0 bridgehead atoms. The van der Waals surface area contributed by atoms with E-state index in [9.17, 15) is 9.59 Å². The minimum Gasteiger partial charge on any atom is -0.462 e. The van der Waals surface area contributed by atoms with Gasteiger partial charge < -0.3 is 15.4 Å². The third-order valence-corrected chi connectivity index (χ3v) is 3.04. The van der Waals surface area contributed by atoms with Gasteiger partial charge in [0.05, 0.1) is 12.2 Å². The second kappa shape index (κ2) is 9.89. The smallest absolute Gasteiger partial charge is 0.338 e. The molecule has 0 aliphatic heterocycles. The summed E-state index contributed by atoms with van der Waals surface area (Å²) in [5.41, 5.74) is 1.19. The Morgan fingerprint density at radius 1 is 1.14 bits per heavy atom. The molecule has 120 valence electrons. The van der Waals surface area contributed by atoms with Crippen molar-refractivity contribution in [2.24, 2.45) is 0 Å². The largest absolute Gasteiger partial charge is 0.462 e. The molecular formula is C16H22N2O3S. The third kappa shape index (κ3) is 6.67. The number of carbonyl (C=O) groups excluding carboxylic acids is 2. The van der Waals surface area contributed by atoms with Crippen LogP contribution in [-0.2, 0) is 9.53 Å². The number of carbonyl (C=O) groups is 2. The molecule has 2 N–H and O–H groups in total. The Labute approximate surface area is 136 Å². The first-order chi connectivity index (χ1) is 10.6. The minimum absolute atomic E-state index is 0.115. The van der Waals surface area contributed by atoms with E-state index in [0.717, 1.165) is 19.3 Å². The molecule has 0 spiro atoms. The number of hydrogen-bond donors (Lipinski definition) is 2. The molecule has 0 radical (unpaired) electrons. The number of esters is 1. The van der Waals surface area contributed by atoms with Gasteiger partial charge in [-0.3, -0.25) is 4.79 Å². The molecular weight excluding hydrogens is 300 g/mol. The Bertz CT molecular complexity index is 515. The Morgan fingerprint density at radius 3 is 2.41 bits per heavy atom. The second-order valence-electron chi connectivity index (χ2n) is 4.82. The number of anilines is 1. The van der Waals surface area contributed by atoms with Crippen LogP contribution in [0.3, 0.4) is 0 Å². The molecule has 6 heteroatoms. The van der Waals surface area contributed by atoms with Crippen molar-refractivity contribution in [1.82, 2.24) is 5.32 Å². The predicted octanol–water partition coefficient (Wildman–Crippen LogP) is 3.26. The van der Waals surface area contributed by atoms with Gasteiger partial charge in [-0.15, -0.1) is 0 Å². The summed E-state index contributed by atoms with van der Waals surface area (Å²) in [4.78, 5) is 23.2. The van der Waals surface area contributed by atoms with Crippen LogP contribution < -0.4 is 10.6 Å². The molecule has 0 aliphatic rings. The highest BCUT2D eigenvalue weighted by Crippen LogP contribution is 2.11. The fourth-order valence-electron chi connectivity index (χ4n) is 1.66. The van der Waals surface area contributed by atoms with Crippen LogP contribution in [0.2, 0.25) is 0 Å². The lowest BCUT2D eigenvalue weighted by molar-refractivity contribution is -0.119. The molecule has 22 heavy (non-hydrogen) atoms. The molecule has 0 unspecified atom stereocenters. The summed E-state index contributed by atoms with van der Waals surface area (Å²) in [6.45, 7) is 4.40. The molecule has 0 aromatic heterocycles. The SMILES string of the molecule is CCCCOC(=O)c1ccc(NC(=S)NC(=O)CCC)cc1. The molecule has 5 nitrogen and oxygen atoms in total. The third-order valence-electron chi connectivity index (χ3n) is 2.84. The molecule has 1 rings (SSSR count). The maximum Gasteiger partial charge on any atom is 0.338 e. The van der Waals surface area contributed by atoms with Gasteiger partial charge in [-0.2, -0.15) is 0 Å². The standard InChI is InChI=1S/C16H22N2O3S/c1-3-5-11-21-15(20)12-7-9-13(10-8-12)17-16(22)18-14(19)6-4-2/h7-10H,3-6,11H2,1-2H3,(H2,17,18,19,22). The van der Waals surface area contributed by atoms with Crippen molar-refractivity contribution in [3.8, 4) is 0 Å². The van der Waals surface area contributed by atoms with Crippen LogP contribution in [0.4, 0.5) is 5.69 Å². The Balaban J connectivity index is 2.49. The van der Waals surface area contributed by atoms with E-state index in [1.165, 1.54) is 0 Å². The fourth-order valence-corrected chi connectivity index (χ4v) is 1.89. The first kappa shape index (κ1) is 18.1. The maximum atomic E-state index is 11.7. The van der Waals surface area contributed by atoms with Crippen LogP contribution >= 0.6 is 12.2 Å². The molecule has 1 amide bonds. The van der Waals surface area contributed by atoms with Crippen LogP contribution in [0, 0.1) is 0 Å². The molecule has 0 fully saturated rings. The van der Waals surface area contributed by atoms with E-state index < -0.39 is 0 Å². The predicted molar refractivity (Wildman–Crippen MR) is 90.9 cm³/mol. The molecule has 0 atom stereocenters. The van der Waals surface area contributed by atoms with Crippen molar-refractivity contribution in [3.05, 3.63) is 29.8 Å². The molecule has 0 heterocycles. The topological polar surface area (TPSA) is 67.4 Å². The van der Waals surface area contributed by atoms with Gasteiger partial charge in [-0.25, -0.2) is 4.79 Å². The molecule has 0 aliphatic carbocycles. The van der Waals surface area contributed by atoms with Gasteiger partial charge in [-0.05, 0) is 49.3 Å². The number of unbranched alkanes of at least 4 members (excludes halogenated alkanes) is 1. The van der Waals surface area contributed by atoms with Gasteiger partial charge >= 0.3 is 5.97 Å². The van der Waals surface area contributed by atoms with Gasteiger partial charge in [0.2, 0.25) is 5.91 Å². The summed E-state index contributed by atoms with van der Waals surface area (Å²) in [5.74, 6) is -0.449. The average Bonchev–Trinajstić information content (AvgIpc) is 2.48. The summed E-state index contributed by atoms with van der Waals surface area (Å²) < 4.78 is 5.13. The first-order valence-electron chi connectivity index (χ1n) is 7.44. The van der Waals surface area contributed by atoms with Crippen molar-refractivity contribution in [2.45, 2.75) is 39.5 Å². The summed E-state index contributed by atoms with van der Waals surface area (Å²) in [6.07, 6.45) is 3.04. The number of amides is 1. The number of ether oxygens (including phenoxy) is 1. The monoisotopic (exact) mass is 322 g/mol. The van der Waals surface area contributed by atoms with E-state index >= 15 is 0 Å². The van der Waals surface area contributed by atoms with Crippen LogP contribution in [0.15, 0.2) is 24.3 Å². The number of benzene rings is 1. The van der Waals surface area contributed by atoms with Gasteiger partial charge in [0.1, 0.15) is 0 Å². The number of hydrogen-bond acceptors (Lipinski definition) is 4. The lowest BCUT2D eigenvalue weighted by Crippen LogP contribution is -2.33. The zero-order valence-corrected chi connectivity index (χ0v) is 13.8. The van der Waals surface area contributed by atoms with E-state index in [0.29, 0.717) is 24.3 Å². The van der Waals surface area contributed by atoms with Gasteiger partial charge in [0.15, 0.2) is 5.11 Å². The van der Waals surface area contributed by atoms with E-state index in [1.807, 2.05) is 13.8 Å². The summed E-state index contributed by atoms with van der Waals surface area (Å²) in [6, 6.07) is 6.75. The number of rotatable bonds is 7. The first-order valence-corrected chi connectivity index (χ1v) is 7.85. The van der Waals surface area contributed by atoms with E-state index in [4.69, 9.17) is 17.0 Å². The van der Waals surface area contributed by atoms with Crippen LogP contribution in [-0.4, -0.2) is 23.6 Å². The summed E-state index contributed by atoms with van der Waals surface area (Å²) in [5, 5.41) is 5.73. The van der Waals surface area contributed by atoms with Crippen LogP contribution in [0.5, 0.6) is 0 Å². The lowest BCUT2D eigenvalue weighted by Gasteiger charge is -2.10. The van der Waals surface area contributed by atoms with Crippen LogP contribution in [0.25, 0.3) is 0 Å². The van der Waals surface area contributed by atoms with Gasteiger partial charge in [0.25, 0.3) is 0 Å². The minimum atomic E-state index is -0.334. The highest BCUT2D eigenvalue weighted by molar-refractivity contribution is 7.80. The molecule has 0 saturated carbocycles. The van der Waals surface area contributed by atoms with Crippen molar-refractivity contribution in [1.29, 1.82) is 0 Å². The van der Waals surface area contributed by atoms with E-state index in [2.05, 4.69) is 10.6 Å². The zero-order valence-electron chi connectivity index (χ0n) is 13.0. The van der Waals surface area contributed by atoms with Gasteiger partial charge in [-0.1, -0.05) is 20.3 Å². The number of thiocarbonyl (C=S) groups is 1. The van der Waals surface area contributed by atoms with Crippen molar-refractivity contribution in [3.63, 3.8) is 0 Å². The number of nitrogens with one attached hydrogen (secondary N) is 2. The Hall–Kier alpha value is -1.95. The van der Waals surface area contributed by atoms with Gasteiger partial charge in [0, 0.05) is 12.1 Å². The Morgan fingerprint density at radius 2 is 1.82 bits per heavy atom. The Kier molecular flexibility index (Phi) is 8.14. The van der Waals surface area contributed by atoms with Crippen molar-refractivity contribution in [2.75, 3.05) is 11.9 Å². The molecule has 1 aromatic carbocycles. The highest BCUT2D eigenvalue weighted by Gasteiger charge is 2.07. The normalized spacial score (nSPS) is 9.91. The van der Waals surface area contributed by atoms with Crippen molar-refractivity contribution < 1.29 is 14.3 Å². The molecule has 0 saturated heterocycles. The maximum absolute atomic E-state index is 11.7. The second-order valence-corrected chi connectivity index (χ2v) is 5.23. The zero-order chi connectivity index (χ0) is 16.4. The summed E-state index contributed by atoms with van der Waals surface area (Å²) >= 11 is 5.05. The molecule has 1 aromatic rings. The quantitative estimate of drug-likeness (QED) is 0.458. The van der Waals surface area contributed by atoms with Crippen molar-refractivity contribution >= 4 is 34.9 Å².